The highest BCUT2D eigenvalue weighted by Gasteiger charge is 2.26. The summed E-state index contributed by atoms with van der Waals surface area (Å²) in [5, 5.41) is 3.27. The highest BCUT2D eigenvalue weighted by Crippen LogP contribution is 2.30. The summed E-state index contributed by atoms with van der Waals surface area (Å²) in [6.07, 6.45) is 7.24. The molecule has 1 amide bonds. The molecule has 1 atom stereocenters. The van der Waals surface area contributed by atoms with Crippen LogP contribution in [0.3, 0.4) is 0 Å². The van der Waals surface area contributed by atoms with E-state index in [1.165, 1.54) is 0 Å². The number of nitrogens with one attached hydrogen (secondary N) is 1. The second-order valence-electron chi connectivity index (χ2n) is 6.49. The molecule has 3 heterocycles. The number of piperidine rings is 1. The number of hydrogen-bond acceptors (Lipinski definition) is 6. The van der Waals surface area contributed by atoms with Crippen molar-refractivity contribution >= 4 is 17.5 Å². The summed E-state index contributed by atoms with van der Waals surface area (Å²) in [7, 11) is 3.59. The normalized spacial score (nSPS) is 17.9. The first-order valence-electron chi connectivity index (χ1n) is 8.55. The second-order valence-corrected chi connectivity index (χ2v) is 6.49. The third-order valence-electron chi connectivity index (χ3n) is 4.39. The van der Waals surface area contributed by atoms with Crippen LogP contribution in [-0.4, -0.2) is 64.4 Å². The van der Waals surface area contributed by atoms with E-state index in [0.29, 0.717) is 6.54 Å². The fraction of sp³-hybridized carbons (Fsp3) is 0.444. The summed E-state index contributed by atoms with van der Waals surface area (Å²) in [4.78, 5) is 29.2. The Morgan fingerprint density at radius 2 is 2.08 bits per heavy atom. The highest BCUT2D eigenvalue weighted by atomic mass is 16.2. The maximum atomic E-state index is 12.0. The maximum Gasteiger partial charge on any atom is 0.236 e. The van der Waals surface area contributed by atoms with Crippen molar-refractivity contribution in [3.8, 4) is 0 Å². The average molecular weight is 340 g/mol. The van der Waals surface area contributed by atoms with Gasteiger partial charge in [-0.15, -0.1) is 0 Å². The van der Waals surface area contributed by atoms with Crippen LogP contribution < -0.4 is 5.32 Å². The summed E-state index contributed by atoms with van der Waals surface area (Å²) in [6, 6.07) is 5.71. The molecule has 0 aromatic carbocycles. The maximum absolute atomic E-state index is 12.0. The van der Waals surface area contributed by atoms with Gasteiger partial charge in [-0.2, -0.15) is 0 Å². The number of nitrogens with zero attached hydrogens (tertiary/aromatic N) is 5. The topological polar surface area (TPSA) is 74.2 Å². The number of carbonyl (C=O) groups excluding carboxylic acids is 1. The van der Waals surface area contributed by atoms with Crippen molar-refractivity contribution in [2.45, 2.75) is 18.8 Å². The van der Waals surface area contributed by atoms with Crippen molar-refractivity contribution in [1.29, 1.82) is 0 Å². The molecule has 3 rings (SSSR count). The van der Waals surface area contributed by atoms with Gasteiger partial charge in [0.1, 0.15) is 5.82 Å². The standard InChI is InChI=1S/C18H24N6O/c1-23(2)16(25)13-24-11-5-6-14(12-24)17-18(21-10-9-20-17)22-15-7-3-4-8-19-15/h3-4,7-10,14H,5-6,11-13H2,1-2H3,(H,19,21,22)/t14-/m0/s1. The number of hydrogen-bond donors (Lipinski definition) is 1. The number of likely N-dealkylation sites (tertiary alicyclic amines) is 1. The highest BCUT2D eigenvalue weighted by molar-refractivity contribution is 5.77. The smallest absolute Gasteiger partial charge is 0.236 e. The minimum absolute atomic E-state index is 0.131. The Labute approximate surface area is 148 Å². The fourth-order valence-electron chi connectivity index (χ4n) is 3.06. The first-order valence-corrected chi connectivity index (χ1v) is 8.55. The first kappa shape index (κ1) is 17.3. The van der Waals surface area contributed by atoms with E-state index in [-0.39, 0.29) is 11.8 Å². The van der Waals surface area contributed by atoms with Crippen LogP contribution in [0.2, 0.25) is 0 Å². The molecule has 0 unspecified atom stereocenters. The lowest BCUT2D eigenvalue weighted by Gasteiger charge is -2.33. The SMILES string of the molecule is CN(C)C(=O)CN1CCC[C@H](c2nccnc2Nc2ccccn2)C1. The van der Waals surface area contributed by atoms with Crippen molar-refractivity contribution in [1.82, 2.24) is 24.8 Å². The predicted molar refractivity (Wildman–Crippen MR) is 96.7 cm³/mol. The van der Waals surface area contributed by atoms with Crippen LogP contribution in [0, 0.1) is 0 Å². The molecule has 132 valence electrons. The zero-order chi connectivity index (χ0) is 17.6. The molecular weight excluding hydrogens is 316 g/mol. The number of rotatable bonds is 5. The van der Waals surface area contributed by atoms with E-state index in [0.717, 1.165) is 43.3 Å². The molecule has 7 heteroatoms. The lowest BCUT2D eigenvalue weighted by molar-refractivity contribution is -0.130. The second kappa shape index (κ2) is 8.02. The third-order valence-corrected chi connectivity index (χ3v) is 4.39. The summed E-state index contributed by atoms with van der Waals surface area (Å²) >= 11 is 0. The van der Waals surface area contributed by atoms with Gasteiger partial charge in [0.05, 0.1) is 12.2 Å². The molecule has 0 bridgehead atoms. The average Bonchev–Trinajstić information content (AvgIpc) is 2.63. The van der Waals surface area contributed by atoms with Crippen molar-refractivity contribution in [3.63, 3.8) is 0 Å². The molecule has 1 N–H and O–H groups in total. The van der Waals surface area contributed by atoms with E-state index in [2.05, 4.69) is 25.2 Å². The van der Waals surface area contributed by atoms with Gasteiger partial charge >= 0.3 is 0 Å². The molecule has 0 spiro atoms. The Bertz CT molecular complexity index is 706. The molecule has 1 saturated heterocycles. The van der Waals surface area contributed by atoms with Gasteiger partial charge in [-0.3, -0.25) is 14.7 Å². The van der Waals surface area contributed by atoms with E-state index in [1.54, 1.807) is 37.6 Å². The number of pyridine rings is 1. The summed E-state index contributed by atoms with van der Waals surface area (Å²) in [5.41, 5.74) is 0.940. The lowest BCUT2D eigenvalue weighted by atomic mass is 9.94. The Kier molecular flexibility index (Phi) is 5.55. The van der Waals surface area contributed by atoms with Crippen LogP contribution in [0.4, 0.5) is 11.6 Å². The van der Waals surface area contributed by atoms with Gasteiger partial charge in [0.2, 0.25) is 5.91 Å². The van der Waals surface area contributed by atoms with Crippen LogP contribution in [0.1, 0.15) is 24.5 Å². The molecule has 0 saturated carbocycles. The first-order chi connectivity index (χ1) is 12.1. The van der Waals surface area contributed by atoms with Crippen LogP contribution in [0.5, 0.6) is 0 Å². The van der Waals surface area contributed by atoms with E-state index in [4.69, 9.17) is 0 Å². The number of anilines is 2. The lowest BCUT2D eigenvalue weighted by Crippen LogP contribution is -2.41. The van der Waals surface area contributed by atoms with Gasteiger partial charge in [0, 0.05) is 45.1 Å². The Balaban J connectivity index is 1.74. The van der Waals surface area contributed by atoms with E-state index in [1.807, 2.05) is 18.2 Å². The fourth-order valence-corrected chi connectivity index (χ4v) is 3.06. The predicted octanol–water partition coefficient (Wildman–Crippen LogP) is 1.88. The van der Waals surface area contributed by atoms with E-state index in [9.17, 15) is 4.79 Å². The molecule has 1 fully saturated rings. The van der Waals surface area contributed by atoms with Crippen LogP contribution in [0.25, 0.3) is 0 Å². The minimum atomic E-state index is 0.131. The van der Waals surface area contributed by atoms with Crippen molar-refractivity contribution in [3.05, 3.63) is 42.5 Å². The largest absolute Gasteiger partial charge is 0.348 e. The quantitative estimate of drug-likeness (QED) is 0.896. The number of aromatic nitrogens is 3. The monoisotopic (exact) mass is 340 g/mol. The van der Waals surface area contributed by atoms with E-state index < -0.39 is 0 Å². The third kappa shape index (κ3) is 4.51. The van der Waals surface area contributed by atoms with Gasteiger partial charge in [-0.1, -0.05) is 6.07 Å². The molecule has 0 aliphatic carbocycles. The van der Waals surface area contributed by atoms with Crippen LogP contribution >= 0.6 is 0 Å². The summed E-state index contributed by atoms with van der Waals surface area (Å²) in [6.45, 7) is 2.21. The number of carbonyl (C=O) groups is 1. The molecular formula is C18H24N6O. The number of likely N-dealkylation sites (N-methyl/N-ethyl adjacent to an activating group) is 1. The summed E-state index contributed by atoms with van der Waals surface area (Å²) < 4.78 is 0. The number of amides is 1. The minimum Gasteiger partial charge on any atom is -0.348 e. The van der Waals surface area contributed by atoms with Gasteiger partial charge in [0.25, 0.3) is 0 Å². The van der Waals surface area contributed by atoms with Gasteiger partial charge in [-0.05, 0) is 31.5 Å². The van der Waals surface area contributed by atoms with Gasteiger partial charge < -0.3 is 10.2 Å². The van der Waals surface area contributed by atoms with Gasteiger partial charge in [-0.25, -0.2) is 9.97 Å². The zero-order valence-corrected chi connectivity index (χ0v) is 14.7. The van der Waals surface area contributed by atoms with Crippen LogP contribution in [0.15, 0.2) is 36.8 Å². The Morgan fingerprint density at radius 3 is 2.84 bits per heavy atom. The van der Waals surface area contributed by atoms with Crippen LogP contribution in [-0.2, 0) is 4.79 Å². The van der Waals surface area contributed by atoms with Crippen molar-refractivity contribution in [2.75, 3.05) is 39.0 Å². The molecule has 25 heavy (non-hydrogen) atoms. The molecule has 2 aromatic heterocycles. The Hall–Kier alpha value is -2.54. The molecule has 2 aromatic rings. The van der Waals surface area contributed by atoms with Crippen molar-refractivity contribution < 1.29 is 4.79 Å². The Morgan fingerprint density at radius 1 is 1.24 bits per heavy atom. The molecule has 1 aliphatic heterocycles. The zero-order valence-electron chi connectivity index (χ0n) is 14.7. The summed E-state index contributed by atoms with van der Waals surface area (Å²) in [5.74, 6) is 1.88. The molecule has 0 radical (unpaired) electrons. The molecule has 1 aliphatic rings. The molecule has 7 nitrogen and oxygen atoms in total. The van der Waals surface area contributed by atoms with Crippen molar-refractivity contribution in [2.24, 2.45) is 0 Å². The van der Waals surface area contributed by atoms with E-state index >= 15 is 0 Å². The van der Waals surface area contributed by atoms with Gasteiger partial charge in [0.15, 0.2) is 5.82 Å².